The molecule has 0 radical (unpaired) electrons. The highest BCUT2D eigenvalue weighted by Crippen LogP contribution is 2.37. The number of ether oxygens (including phenoxy) is 3. The lowest BCUT2D eigenvalue weighted by atomic mass is 10.1. The molecule has 190 valence electrons. The van der Waals surface area contributed by atoms with Crippen molar-refractivity contribution in [2.75, 3.05) is 6.79 Å². The molecular formula is C28H21N3O5S2. The van der Waals surface area contributed by atoms with Crippen LogP contribution in [0.3, 0.4) is 0 Å². The Labute approximate surface area is 227 Å². The van der Waals surface area contributed by atoms with Crippen LogP contribution in [0, 0.1) is 13.8 Å². The first kappa shape index (κ1) is 24.2. The van der Waals surface area contributed by atoms with E-state index in [1.54, 1.807) is 24.4 Å². The average Bonchev–Trinajstić information content (AvgIpc) is 3.48. The number of pyridine rings is 1. The van der Waals surface area contributed by atoms with Crippen molar-refractivity contribution in [3.8, 4) is 23.1 Å². The first-order chi connectivity index (χ1) is 18.4. The Hall–Kier alpha value is -4.15. The zero-order valence-electron chi connectivity index (χ0n) is 20.5. The maximum atomic E-state index is 13.6. The molecule has 0 aliphatic carbocycles. The van der Waals surface area contributed by atoms with Crippen molar-refractivity contribution in [3.63, 3.8) is 0 Å². The number of fused-ring (bicyclic) bond motifs is 2. The molecule has 1 saturated heterocycles. The molecule has 1 amide bonds. The van der Waals surface area contributed by atoms with Gasteiger partial charge in [-0.1, -0.05) is 48.2 Å². The van der Waals surface area contributed by atoms with E-state index >= 15 is 0 Å². The summed E-state index contributed by atoms with van der Waals surface area (Å²) in [5.74, 6) is 1.71. The van der Waals surface area contributed by atoms with Crippen LogP contribution in [0.2, 0.25) is 0 Å². The minimum Gasteiger partial charge on any atom is -0.454 e. The molecule has 2 aromatic carbocycles. The van der Waals surface area contributed by atoms with Gasteiger partial charge in [0.2, 0.25) is 12.7 Å². The molecule has 2 aliphatic heterocycles. The molecule has 0 spiro atoms. The Morgan fingerprint density at radius 1 is 1.08 bits per heavy atom. The number of rotatable bonds is 5. The molecule has 6 rings (SSSR count). The molecule has 0 atom stereocenters. The summed E-state index contributed by atoms with van der Waals surface area (Å²) in [4.78, 5) is 33.4. The Kier molecular flexibility index (Phi) is 6.13. The van der Waals surface area contributed by atoms with Gasteiger partial charge in [-0.2, -0.15) is 4.98 Å². The monoisotopic (exact) mass is 543 g/mol. The number of amides is 1. The molecule has 0 unspecified atom stereocenters. The topological polar surface area (TPSA) is 82.4 Å². The van der Waals surface area contributed by atoms with Crippen molar-refractivity contribution < 1.29 is 19.0 Å². The molecule has 4 aromatic rings. The average molecular weight is 544 g/mol. The second kappa shape index (κ2) is 9.62. The quantitative estimate of drug-likeness (QED) is 0.250. The van der Waals surface area contributed by atoms with E-state index in [0.717, 1.165) is 28.5 Å². The lowest BCUT2D eigenvalue weighted by Crippen LogP contribution is -2.27. The number of hydrogen-bond donors (Lipinski definition) is 0. The van der Waals surface area contributed by atoms with E-state index in [1.807, 2.05) is 50.2 Å². The summed E-state index contributed by atoms with van der Waals surface area (Å²) in [6, 6.07) is 16.5. The predicted molar refractivity (Wildman–Crippen MR) is 149 cm³/mol. The lowest BCUT2D eigenvalue weighted by Gasteiger charge is -2.15. The number of carbonyl (C=O) groups is 1. The number of aryl methyl sites for hydroxylation is 1. The van der Waals surface area contributed by atoms with Crippen molar-refractivity contribution in [3.05, 3.63) is 98.3 Å². The SMILES string of the molecule is Cc1cccc(Oc2nc3ccccn3c(=O)c2/C=C2/SC(=S)N(Cc3ccc4c(c3)OCO4)C2=O)c1C. The summed E-state index contributed by atoms with van der Waals surface area (Å²) in [6.45, 7) is 4.36. The van der Waals surface area contributed by atoms with Gasteiger partial charge < -0.3 is 14.2 Å². The van der Waals surface area contributed by atoms with Gasteiger partial charge in [-0.05, 0) is 66.9 Å². The third kappa shape index (κ3) is 4.31. The number of aromatic nitrogens is 2. The van der Waals surface area contributed by atoms with Crippen LogP contribution in [0.4, 0.5) is 0 Å². The lowest BCUT2D eigenvalue weighted by molar-refractivity contribution is -0.122. The molecular weight excluding hydrogens is 522 g/mol. The molecule has 0 N–H and O–H groups in total. The van der Waals surface area contributed by atoms with Crippen molar-refractivity contribution >= 4 is 45.9 Å². The Balaban J connectivity index is 1.38. The Bertz CT molecular complexity index is 1730. The summed E-state index contributed by atoms with van der Waals surface area (Å²) in [6.07, 6.45) is 3.16. The number of hydrogen-bond acceptors (Lipinski definition) is 8. The zero-order chi connectivity index (χ0) is 26.4. The number of thiocarbonyl (C=S) groups is 1. The molecule has 2 aliphatic rings. The second-order valence-corrected chi connectivity index (χ2v) is 10.5. The van der Waals surface area contributed by atoms with E-state index in [0.29, 0.717) is 32.1 Å². The van der Waals surface area contributed by atoms with E-state index in [4.69, 9.17) is 26.4 Å². The van der Waals surface area contributed by atoms with Gasteiger partial charge in [0, 0.05) is 6.20 Å². The van der Waals surface area contributed by atoms with E-state index in [2.05, 4.69) is 4.98 Å². The van der Waals surface area contributed by atoms with E-state index in [9.17, 15) is 9.59 Å². The number of benzene rings is 2. The third-order valence-corrected chi connectivity index (χ3v) is 7.80. The summed E-state index contributed by atoms with van der Waals surface area (Å²) in [5, 5.41) is 0. The Morgan fingerprint density at radius 2 is 1.92 bits per heavy atom. The molecule has 4 heterocycles. The van der Waals surface area contributed by atoms with E-state index < -0.39 is 0 Å². The molecule has 0 bridgehead atoms. The molecule has 8 nitrogen and oxygen atoms in total. The maximum absolute atomic E-state index is 13.6. The zero-order valence-corrected chi connectivity index (χ0v) is 22.1. The van der Waals surface area contributed by atoms with Gasteiger partial charge in [0.15, 0.2) is 11.5 Å². The van der Waals surface area contributed by atoms with Crippen LogP contribution >= 0.6 is 24.0 Å². The smallest absolute Gasteiger partial charge is 0.269 e. The van der Waals surface area contributed by atoms with Gasteiger partial charge >= 0.3 is 0 Å². The summed E-state index contributed by atoms with van der Waals surface area (Å²) in [5.41, 5.74) is 3.08. The van der Waals surface area contributed by atoms with Crippen molar-refractivity contribution in [1.82, 2.24) is 14.3 Å². The van der Waals surface area contributed by atoms with Gasteiger partial charge in [0.1, 0.15) is 21.3 Å². The first-order valence-electron chi connectivity index (χ1n) is 11.8. The minimum absolute atomic E-state index is 0.121. The van der Waals surface area contributed by atoms with Crippen LogP contribution in [0.1, 0.15) is 22.3 Å². The molecule has 10 heteroatoms. The van der Waals surface area contributed by atoms with Gasteiger partial charge in [-0.25, -0.2) is 0 Å². The van der Waals surface area contributed by atoms with Crippen molar-refractivity contribution in [2.45, 2.75) is 20.4 Å². The highest BCUT2D eigenvalue weighted by atomic mass is 32.2. The fourth-order valence-corrected chi connectivity index (χ4v) is 5.45. The van der Waals surface area contributed by atoms with E-state index in [-0.39, 0.29) is 36.2 Å². The normalized spacial score (nSPS) is 15.6. The van der Waals surface area contributed by atoms with Crippen LogP contribution in [-0.4, -0.2) is 31.3 Å². The number of thioether (sulfide) groups is 1. The Morgan fingerprint density at radius 3 is 2.79 bits per heavy atom. The fourth-order valence-electron chi connectivity index (χ4n) is 4.21. The molecule has 0 saturated carbocycles. The second-order valence-electron chi connectivity index (χ2n) is 8.82. The van der Waals surface area contributed by atoms with Gasteiger partial charge in [0.25, 0.3) is 11.5 Å². The van der Waals surface area contributed by atoms with Crippen molar-refractivity contribution in [1.29, 1.82) is 0 Å². The van der Waals surface area contributed by atoms with Crippen molar-refractivity contribution in [2.24, 2.45) is 0 Å². The standard InChI is InChI=1S/C28H21N3O5S2/c1-16-6-5-7-20(17(16)2)36-25-19(26(32)30-11-4-3-8-24(30)29-25)13-23-27(33)31(28(37)38-23)14-18-9-10-21-22(12-18)35-15-34-21/h3-13H,14-15H2,1-2H3/b23-13+. The largest absolute Gasteiger partial charge is 0.454 e. The molecule has 1 fully saturated rings. The van der Waals surface area contributed by atoms with Crippen LogP contribution in [0.15, 0.2) is 70.5 Å². The summed E-state index contributed by atoms with van der Waals surface area (Å²) >= 11 is 6.67. The van der Waals surface area contributed by atoms with E-state index in [1.165, 1.54) is 15.4 Å². The van der Waals surface area contributed by atoms with Gasteiger partial charge in [0.05, 0.1) is 11.4 Å². The fraction of sp³-hybridized carbons (Fsp3) is 0.143. The van der Waals surface area contributed by atoms with Crippen LogP contribution in [-0.2, 0) is 11.3 Å². The van der Waals surface area contributed by atoms with Gasteiger partial charge in [-0.3, -0.25) is 18.9 Å². The minimum atomic E-state index is -0.350. The predicted octanol–water partition coefficient (Wildman–Crippen LogP) is 5.23. The van der Waals surface area contributed by atoms with Gasteiger partial charge in [-0.15, -0.1) is 0 Å². The molecule has 38 heavy (non-hydrogen) atoms. The summed E-state index contributed by atoms with van der Waals surface area (Å²) in [7, 11) is 0. The summed E-state index contributed by atoms with van der Waals surface area (Å²) < 4.78 is 18.8. The van der Waals surface area contributed by atoms with Crippen LogP contribution in [0.5, 0.6) is 23.1 Å². The number of nitrogens with zero attached hydrogens (tertiary/aromatic N) is 3. The number of carbonyl (C=O) groups excluding carboxylic acids is 1. The first-order valence-corrected chi connectivity index (χ1v) is 13.0. The van der Waals surface area contributed by atoms with Crippen LogP contribution in [0.25, 0.3) is 11.7 Å². The highest BCUT2D eigenvalue weighted by molar-refractivity contribution is 8.26. The van der Waals surface area contributed by atoms with Crippen LogP contribution < -0.4 is 19.8 Å². The highest BCUT2D eigenvalue weighted by Gasteiger charge is 2.33. The maximum Gasteiger partial charge on any atom is 0.269 e. The third-order valence-electron chi connectivity index (χ3n) is 6.42. The molecule has 2 aromatic heterocycles.